The molecule has 3 atom stereocenters. The number of aliphatic hydroxyl groups is 1. The zero-order valence-electron chi connectivity index (χ0n) is 20.2. The average molecular weight is 493 g/mol. The number of hydrogen-bond acceptors (Lipinski definition) is 6. The maximum Gasteiger partial charge on any atom is 0.303 e. The summed E-state index contributed by atoms with van der Waals surface area (Å²) in [4.78, 5) is 18.0. The van der Waals surface area contributed by atoms with Crippen LogP contribution in [0.2, 0.25) is 0 Å². The van der Waals surface area contributed by atoms with Crippen molar-refractivity contribution in [3.05, 3.63) is 35.8 Å². The summed E-state index contributed by atoms with van der Waals surface area (Å²) in [6, 6.07) is 5.22. The molecular formula is C26H37FN2O4S. The van der Waals surface area contributed by atoms with Crippen LogP contribution in [-0.4, -0.2) is 64.3 Å². The number of carboxylic acids is 1. The molecule has 0 radical (unpaired) electrons. The highest BCUT2D eigenvalue weighted by Crippen LogP contribution is 2.35. The van der Waals surface area contributed by atoms with Gasteiger partial charge in [0.1, 0.15) is 11.6 Å². The number of pyridine rings is 1. The Bertz CT molecular complexity index is 944. The van der Waals surface area contributed by atoms with Gasteiger partial charge in [-0.15, -0.1) is 0 Å². The van der Waals surface area contributed by atoms with E-state index in [4.69, 9.17) is 4.74 Å². The molecular weight excluding hydrogens is 455 g/mol. The molecule has 1 aliphatic heterocycles. The Morgan fingerprint density at radius 1 is 1.35 bits per heavy atom. The molecule has 0 saturated carbocycles. The largest absolute Gasteiger partial charge is 0.497 e. The highest BCUT2D eigenvalue weighted by Gasteiger charge is 2.31. The minimum Gasteiger partial charge on any atom is -0.497 e. The van der Waals surface area contributed by atoms with Gasteiger partial charge >= 0.3 is 5.97 Å². The summed E-state index contributed by atoms with van der Waals surface area (Å²) in [5.74, 6) is 1.82. The van der Waals surface area contributed by atoms with Crippen LogP contribution >= 0.6 is 11.8 Å². The lowest BCUT2D eigenvalue weighted by molar-refractivity contribution is -0.139. The van der Waals surface area contributed by atoms with Crippen molar-refractivity contribution in [2.24, 2.45) is 11.8 Å². The standard InChI is InChI=1S/C26H37FN2O4S/c1-3-12-34-13-4-10-29-11-9-18(19(17-29)14-25(31)32)5-8-24(30)26-21-15-20(33-2)6-7-23(21)28-16-22(26)27/h6-7,15-16,18-19,24,30H,3-5,8-14,17H2,1-2H3,(H,31,32)/t18-,19+,24+/m1/s1. The van der Waals surface area contributed by atoms with Crippen molar-refractivity contribution in [1.29, 1.82) is 0 Å². The summed E-state index contributed by atoms with van der Waals surface area (Å²) < 4.78 is 20.0. The molecule has 0 spiro atoms. The van der Waals surface area contributed by atoms with E-state index in [1.54, 1.807) is 25.3 Å². The van der Waals surface area contributed by atoms with E-state index >= 15 is 0 Å². The zero-order chi connectivity index (χ0) is 24.5. The van der Waals surface area contributed by atoms with Gasteiger partial charge in [0, 0.05) is 23.9 Å². The van der Waals surface area contributed by atoms with Crippen LogP contribution in [-0.2, 0) is 4.79 Å². The molecule has 34 heavy (non-hydrogen) atoms. The molecule has 2 N–H and O–H groups in total. The van der Waals surface area contributed by atoms with Gasteiger partial charge in [-0.1, -0.05) is 6.92 Å². The number of ether oxygens (including phenoxy) is 1. The lowest BCUT2D eigenvalue weighted by Gasteiger charge is -2.38. The lowest BCUT2D eigenvalue weighted by Crippen LogP contribution is -2.42. The van der Waals surface area contributed by atoms with Crippen LogP contribution in [0.1, 0.15) is 57.1 Å². The summed E-state index contributed by atoms with van der Waals surface area (Å²) in [5.41, 5.74) is 0.839. The predicted molar refractivity (Wildman–Crippen MR) is 135 cm³/mol. The van der Waals surface area contributed by atoms with Crippen LogP contribution in [0.5, 0.6) is 5.75 Å². The number of likely N-dealkylation sites (tertiary alicyclic amines) is 1. The summed E-state index contributed by atoms with van der Waals surface area (Å²) in [6.45, 7) is 4.90. The SMILES string of the molecule is CCCSCCCN1CC[C@@H](CC[C@H](O)c2c(F)cnc3ccc(OC)cc23)[C@@H](CC(=O)O)C1. The fraction of sp³-hybridized carbons (Fsp3) is 0.615. The third-order valence-corrected chi connectivity index (χ3v) is 8.01. The number of benzene rings is 1. The number of aliphatic hydroxyl groups excluding tert-OH is 1. The van der Waals surface area contributed by atoms with E-state index in [9.17, 15) is 19.4 Å². The van der Waals surface area contributed by atoms with Gasteiger partial charge in [0.15, 0.2) is 0 Å². The maximum atomic E-state index is 14.7. The third kappa shape index (κ3) is 7.30. The van der Waals surface area contributed by atoms with Gasteiger partial charge < -0.3 is 19.8 Å². The number of halogens is 1. The Kier molecular flexibility index (Phi) is 10.4. The van der Waals surface area contributed by atoms with Gasteiger partial charge in [-0.25, -0.2) is 4.39 Å². The summed E-state index contributed by atoms with van der Waals surface area (Å²) in [6.07, 6.45) is 4.54. The number of nitrogens with zero attached hydrogens (tertiary/aromatic N) is 2. The van der Waals surface area contributed by atoms with Gasteiger partial charge in [0.2, 0.25) is 0 Å². The first-order valence-electron chi connectivity index (χ1n) is 12.2. The highest BCUT2D eigenvalue weighted by molar-refractivity contribution is 7.99. The van der Waals surface area contributed by atoms with E-state index in [2.05, 4.69) is 16.8 Å². The molecule has 1 aliphatic rings. The Morgan fingerprint density at radius 3 is 2.91 bits per heavy atom. The average Bonchev–Trinajstić information content (AvgIpc) is 2.82. The van der Waals surface area contributed by atoms with E-state index in [1.807, 2.05) is 11.8 Å². The number of carbonyl (C=O) groups is 1. The molecule has 8 heteroatoms. The number of carboxylic acid groups (broad SMARTS) is 1. The minimum atomic E-state index is -0.989. The fourth-order valence-electron chi connectivity index (χ4n) is 4.98. The quantitative estimate of drug-likeness (QED) is 0.375. The molecule has 0 amide bonds. The lowest BCUT2D eigenvalue weighted by atomic mass is 9.79. The van der Waals surface area contributed by atoms with Gasteiger partial charge in [0.25, 0.3) is 0 Å². The van der Waals surface area contributed by atoms with E-state index in [0.717, 1.165) is 44.4 Å². The Morgan fingerprint density at radius 2 is 2.18 bits per heavy atom. The fourth-order valence-corrected chi connectivity index (χ4v) is 5.81. The third-order valence-electron chi connectivity index (χ3n) is 6.74. The topological polar surface area (TPSA) is 82.9 Å². The van der Waals surface area contributed by atoms with Crippen LogP contribution in [0.15, 0.2) is 24.4 Å². The van der Waals surface area contributed by atoms with Crippen LogP contribution in [0.25, 0.3) is 10.9 Å². The van der Waals surface area contributed by atoms with Crippen molar-refractivity contribution in [3.8, 4) is 5.75 Å². The molecule has 6 nitrogen and oxygen atoms in total. The number of methoxy groups -OCH3 is 1. The first-order chi connectivity index (χ1) is 16.4. The molecule has 1 saturated heterocycles. The normalized spacial score (nSPS) is 19.9. The molecule has 188 valence electrons. The molecule has 0 aliphatic carbocycles. The second-order valence-electron chi connectivity index (χ2n) is 9.17. The molecule has 2 aromatic rings. The monoisotopic (exact) mass is 492 g/mol. The van der Waals surface area contributed by atoms with Crippen molar-refractivity contribution in [2.45, 2.75) is 51.6 Å². The van der Waals surface area contributed by atoms with Crippen LogP contribution < -0.4 is 4.74 Å². The van der Waals surface area contributed by atoms with E-state index < -0.39 is 17.9 Å². The number of piperidine rings is 1. The summed E-state index contributed by atoms with van der Waals surface area (Å²) in [5, 5.41) is 21.0. The van der Waals surface area contributed by atoms with E-state index in [0.29, 0.717) is 29.5 Å². The second kappa shape index (κ2) is 13.3. The smallest absolute Gasteiger partial charge is 0.303 e. The molecule has 2 heterocycles. The van der Waals surface area contributed by atoms with Crippen molar-refractivity contribution in [3.63, 3.8) is 0 Å². The molecule has 0 unspecified atom stereocenters. The van der Waals surface area contributed by atoms with Crippen LogP contribution in [0, 0.1) is 17.7 Å². The zero-order valence-corrected chi connectivity index (χ0v) is 21.0. The first-order valence-corrected chi connectivity index (χ1v) is 13.4. The second-order valence-corrected chi connectivity index (χ2v) is 10.4. The maximum absolute atomic E-state index is 14.7. The van der Waals surface area contributed by atoms with Crippen molar-refractivity contribution in [2.75, 3.05) is 38.2 Å². The molecule has 1 fully saturated rings. The van der Waals surface area contributed by atoms with E-state index in [1.165, 1.54) is 12.2 Å². The van der Waals surface area contributed by atoms with Gasteiger partial charge in [0.05, 0.1) is 24.9 Å². The molecule has 1 aromatic heterocycles. The molecule has 0 bridgehead atoms. The van der Waals surface area contributed by atoms with Crippen molar-refractivity contribution >= 4 is 28.6 Å². The van der Waals surface area contributed by atoms with E-state index in [-0.39, 0.29) is 23.8 Å². The Balaban J connectivity index is 1.63. The van der Waals surface area contributed by atoms with Crippen molar-refractivity contribution < 1.29 is 24.1 Å². The number of aliphatic carboxylic acids is 1. The van der Waals surface area contributed by atoms with Gasteiger partial charge in [-0.2, -0.15) is 11.8 Å². The number of fused-ring (bicyclic) bond motifs is 1. The molecule has 3 rings (SSSR count). The minimum absolute atomic E-state index is 0.0425. The molecule has 1 aromatic carbocycles. The number of aromatic nitrogens is 1. The number of rotatable bonds is 13. The summed E-state index contributed by atoms with van der Waals surface area (Å²) >= 11 is 1.98. The van der Waals surface area contributed by atoms with Gasteiger partial charge in [-0.05, 0) is 86.7 Å². The van der Waals surface area contributed by atoms with Crippen LogP contribution in [0.4, 0.5) is 4.39 Å². The highest BCUT2D eigenvalue weighted by atomic mass is 32.2. The predicted octanol–water partition coefficient (Wildman–Crippen LogP) is 5.14. The first kappa shape index (κ1) is 26.7. The Labute approximate surface area is 205 Å². The number of hydrogen-bond donors (Lipinski definition) is 2. The Hall–Kier alpha value is -1.90. The summed E-state index contributed by atoms with van der Waals surface area (Å²) in [7, 11) is 1.54. The van der Waals surface area contributed by atoms with Crippen LogP contribution in [0.3, 0.4) is 0 Å². The van der Waals surface area contributed by atoms with Crippen molar-refractivity contribution in [1.82, 2.24) is 9.88 Å². The van der Waals surface area contributed by atoms with Gasteiger partial charge in [-0.3, -0.25) is 9.78 Å². The number of thioether (sulfide) groups is 1.